The minimum Gasteiger partial charge on any atom is -0.393 e. The third-order valence-electron chi connectivity index (χ3n) is 4.80. The fourth-order valence-electron chi connectivity index (χ4n) is 3.18. The molecule has 1 nitrogen and oxygen atoms in total. The van der Waals surface area contributed by atoms with E-state index in [0.717, 1.165) is 12.8 Å². The summed E-state index contributed by atoms with van der Waals surface area (Å²) in [4.78, 5) is 0. The first kappa shape index (κ1) is 19.0. The fraction of sp³-hybridized carbons (Fsp3) is 1.00. The Bertz CT molecular complexity index is 180. The zero-order chi connectivity index (χ0) is 14.6. The molecule has 0 aliphatic rings. The van der Waals surface area contributed by atoms with Crippen LogP contribution in [0.15, 0.2) is 0 Å². The molecule has 0 aliphatic heterocycles. The van der Waals surface area contributed by atoms with Crippen LogP contribution in [0.2, 0.25) is 0 Å². The largest absolute Gasteiger partial charge is 0.393 e. The van der Waals surface area contributed by atoms with Gasteiger partial charge in [-0.15, -0.1) is 0 Å². The highest BCUT2D eigenvalue weighted by molar-refractivity contribution is 4.85. The average molecular weight is 271 g/mol. The number of aliphatic hydroxyl groups is 1. The maximum atomic E-state index is 10.7. The first-order valence-corrected chi connectivity index (χ1v) is 8.84. The van der Waals surface area contributed by atoms with Gasteiger partial charge in [-0.2, -0.15) is 0 Å². The Balaban J connectivity index is 4.40. The molecule has 0 aromatic heterocycles. The summed E-state index contributed by atoms with van der Waals surface area (Å²) in [5, 5.41) is 10.7. The van der Waals surface area contributed by atoms with E-state index in [1.807, 2.05) is 0 Å². The van der Waals surface area contributed by atoms with Crippen LogP contribution < -0.4 is 0 Å². The summed E-state index contributed by atoms with van der Waals surface area (Å²) >= 11 is 0. The van der Waals surface area contributed by atoms with Gasteiger partial charge >= 0.3 is 0 Å². The zero-order valence-electron chi connectivity index (χ0n) is 14.0. The Kier molecular flexibility index (Phi) is 11.7. The smallest absolute Gasteiger partial charge is 0.0596 e. The quantitative estimate of drug-likeness (QED) is 0.401. The van der Waals surface area contributed by atoms with Crippen molar-refractivity contribution < 1.29 is 5.11 Å². The Morgan fingerprint density at radius 2 is 1.26 bits per heavy atom. The molecule has 1 N–H and O–H groups in total. The summed E-state index contributed by atoms with van der Waals surface area (Å²) in [7, 11) is 0. The maximum Gasteiger partial charge on any atom is 0.0596 e. The van der Waals surface area contributed by atoms with E-state index in [4.69, 9.17) is 0 Å². The molecule has 19 heavy (non-hydrogen) atoms. The Morgan fingerprint density at radius 3 is 1.68 bits per heavy atom. The highest BCUT2D eigenvalue weighted by Crippen LogP contribution is 2.40. The summed E-state index contributed by atoms with van der Waals surface area (Å²) in [5.41, 5.74) is 0.207. The first-order valence-electron chi connectivity index (χ1n) is 8.84. The van der Waals surface area contributed by atoms with Crippen LogP contribution in [0.1, 0.15) is 105 Å². The second-order valence-corrected chi connectivity index (χ2v) is 6.29. The first-order chi connectivity index (χ1) is 9.16. The summed E-state index contributed by atoms with van der Waals surface area (Å²) in [5.74, 6) is 0. The third kappa shape index (κ3) is 7.34. The van der Waals surface area contributed by atoms with Crippen molar-refractivity contribution in [3.63, 3.8) is 0 Å². The predicted octanol–water partition coefficient (Wildman–Crippen LogP) is 6.09. The van der Waals surface area contributed by atoms with Crippen LogP contribution in [0.5, 0.6) is 0 Å². The monoisotopic (exact) mass is 270 g/mol. The van der Waals surface area contributed by atoms with Crippen molar-refractivity contribution in [1.82, 2.24) is 0 Å². The lowest BCUT2D eigenvalue weighted by molar-refractivity contribution is -0.00319. The van der Waals surface area contributed by atoms with Gasteiger partial charge in [0.15, 0.2) is 0 Å². The molecule has 0 aromatic rings. The fourth-order valence-corrected chi connectivity index (χ4v) is 3.18. The van der Waals surface area contributed by atoms with Crippen LogP contribution in [0.3, 0.4) is 0 Å². The number of rotatable bonds is 13. The van der Waals surface area contributed by atoms with Gasteiger partial charge in [0, 0.05) is 0 Å². The van der Waals surface area contributed by atoms with Crippen LogP contribution in [0.4, 0.5) is 0 Å². The van der Waals surface area contributed by atoms with Crippen molar-refractivity contribution in [2.24, 2.45) is 5.41 Å². The van der Waals surface area contributed by atoms with E-state index in [-0.39, 0.29) is 11.5 Å². The minimum atomic E-state index is -0.0764. The maximum absolute atomic E-state index is 10.7. The van der Waals surface area contributed by atoms with E-state index in [2.05, 4.69) is 27.7 Å². The van der Waals surface area contributed by atoms with E-state index in [1.54, 1.807) is 0 Å². The Hall–Kier alpha value is -0.0400. The summed E-state index contributed by atoms with van der Waals surface area (Å²) in [6.45, 7) is 9.04. The van der Waals surface area contributed by atoms with Gasteiger partial charge in [0.05, 0.1) is 6.10 Å². The molecule has 116 valence electrons. The molecule has 0 radical (unpaired) electrons. The van der Waals surface area contributed by atoms with Gasteiger partial charge in [-0.3, -0.25) is 0 Å². The number of aliphatic hydroxyl groups excluding tert-OH is 1. The second kappa shape index (κ2) is 11.8. The van der Waals surface area contributed by atoms with Crippen molar-refractivity contribution in [3.05, 3.63) is 0 Å². The molecular weight excluding hydrogens is 232 g/mol. The van der Waals surface area contributed by atoms with Crippen LogP contribution in [0, 0.1) is 5.41 Å². The second-order valence-electron chi connectivity index (χ2n) is 6.29. The SMILES string of the molecule is CCCCCCC(O)C(CC)(CCCC)CCCC. The van der Waals surface area contributed by atoms with E-state index in [9.17, 15) is 5.11 Å². The van der Waals surface area contributed by atoms with Crippen LogP contribution in [0.25, 0.3) is 0 Å². The minimum absolute atomic E-state index is 0.0764. The molecule has 1 unspecified atom stereocenters. The van der Waals surface area contributed by atoms with Gasteiger partial charge in [-0.1, -0.05) is 79.1 Å². The molecular formula is C18H38O. The van der Waals surface area contributed by atoms with Crippen molar-refractivity contribution >= 4 is 0 Å². The molecule has 0 rings (SSSR count). The van der Waals surface area contributed by atoms with Gasteiger partial charge in [0.25, 0.3) is 0 Å². The summed E-state index contributed by atoms with van der Waals surface area (Å²) in [6, 6.07) is 0. The zero-order valence-corrected chi connectivity index (χ0v) is 14.0. The lowest BCUT2D eigenvalue weighted by Gasteiger charge is -2.38. The number of hydrogen-bond donors (Lipinski definition) is 1. The van der Waals surface area contributed by atoms with Gasteiger partial charge < -0.3 is 5.11 Å². The van der Waals surface area contributed by atoms with Gasteiger partial charge in [-0.25, -0.2) is 0 Å². The van der Waals surface area contributed by atoms with Gasteiger partial charge in [0.1, 0.15) is 0 Å². The molecule has 0 fully saturated rings. The van der Waals surface area contributed by atoms with Crippen molar-refractivity contribution in [1.29, 1.82) is 0 Å². The summed E-state index contributed by atoms with van der Waals surface area (Å²) in [6.07, 6.45) is 14.6. The topological polar surface area (TPSA) is 20.2 Å². The van der Waals surface area contributed by atoms with Crippen molar-refractivity contribution in [2.45, 2.75) is 111 Å². The molecule has 0 amide bonds. The van der Waals surface area contributed by atoms with Crippen molar-refractivity contribution in [2.75, 3.05) is 0 Å². The molecule has 0 saturated heterocycles. The van der Waals surface area contributed by atoms with E-state index < -0.39 is 0 Å². The molecule has 0 heterocycles. The molecule has 1 heteroatoms. The number of unbranched alkanes of at least 4 members (excludes halogenated alkanes) is 5. The lowest BCUT2D eigenvalue weighted by Crippen LogP contribution is -2.35. The Morgan fingerprint density at radius 1 is 0.737 bits per heavy atom. The van der Waals surface area contributed by atoms with Crippen molar-refractivity contribution in [3.8, 4) is 0 Å². The van der Waals surface area contributed by atoms with E-state index in [1.165, 1.54) is 64.2 Å². The van der Waals surface area contributed by atoms with Gasteiger partial charge in [0.2, 0.25) is 0 Å². The van der Waals surface area contributed by atoms with E-state index >= 15 is 0 Å². The summed E-state index contributed by atoms with van der Waals surface area (Å²) < 4.78 is 0. The highest BCUT2D eigenvalue weighted by atomic mass is 16.3. The Labute approximate surface area is 122 Å². The lowest BCUT2D eigenvalue weighted by atomic mass is 9.70. The molecule has 0 spiro atoms. The molecule has 0 aliphatic carbocycles. The van der Waals surface area contributed by atoms with Crippen LogP contribution >= 0.6 is 0 Å². The van der Waals surface area contributed by atoms with Crippen LogP contribution in [-0.2, 0) is 0 Å². The third-order valence-corrected chi connectivity index (χ3v) is 4.80. The van der Waals surface area contributed by atoms with Crippen LogP contribution in [-0.4, -0.2) is 11.2 Å². The highest BCUT2D eigenvalue weighted by Gasteiger charge is 2.34. The molecule has 0 saturated carbocycles. The average Bonchev–Trinajstić information content (AvgIpc) is 2.44. The molecule has 0 bridgehead atoms. The standard InChI is InChI=1S/C18H38O/c1-5-9-12-13-14-17(19)18(8-4,15-10-6-2)16-11-7-3/h17,19H,5-16H2,1-4H3. The predicted molar refractivity (Wildman–Crippen MR) is 86.5 cm³/mol. The normalized spacial score (nSPS) is 13.7. The van der Waals surface area contributed by atoms with Gasteiger partial charge in [-0.05, 0) is 31.1 Å². The number of hydrogen-bond acceptors (Lipinski definition) is 1. The van der Waals surface area contributed by atoms with E-state index in [0.29, 0.717) is 0 Å². The molecule has 0 aromatic carbocycles. The molecule has 1 atom stereocenters.